The van der Waals surface area contributed by atoms with Crippen LogP contribution in [0.4, 0.5) is 11.5 Å². The Morgan fingerprint density at radius 1 is 0.963 bits per heavy atom. The smallest absolute Gasteiger partial charge is 0.260 e. The van der Waals surface area contributed by atoms with E-state index in [0.717, 1.165) is 56.0 Å². The van der Waals surface area contributed by atoms with Crippen LogP contribution < -0.4 is 15.4 Å². The highest BCUT2D eigenvalue weighted by atomic mass is 16.1. The number of hydrogen-bond acceptors (Lipinski definition) is 6. The zero-order valence-electron chi connectivity index (χ0n) is 15.4. The molecule has 3 heterocycles. The number of fused-ring (bicyclic) bond motifs is 2. The van der Waals surface area contributed by atoms with Gasteiger partial charge in [-0.1, -0.05) is 0 Å². The average Bonchev–Trinajstić information content (AvgIpc) is 3.20. The molecule has 3 aromatic rings. The Balaban J connectivity index is 1.36. The van der Waals surface area contributed by atoms with E-state index >= 15 is 0 Å². The first-order valence-electron chi connectivity index (χ1n) is 9.49. The number of benzene rings is 1. The molecule has 1 aliphatic heterocycles. The van der Waals surface area contributed by atoms with Gasteiger partial charge < -0.3 is 14.4 Å². The van der Waals surface area contributed by atoms with Crippen LogP contribution in [0.1, 0.15) is 17.7 Å². The molecule has 1 saturated heterocycles. The molecule has 2 aliphatic rings. The fourth-order valence-electron chi connectivity index (χ4n) is 4.19. The molecule has 0 spiro atoms. The molecule has 0 atom stereocenters. The van der Waals surface area contributed by atoms with Gasteiger partial charge >= 0.3 is 0 Å². The zero-order valence-corrected chi connectivity index (χ0v) is 15.4. The lowest BCUT2D eigenvalue weighted by Crippen LogP contribution is -2.47. The summed E-state index contributed by atoms with van der Waals surface area (Å²) in [5, 5.41) is 0.666. The Bertz CT molecular complexity index is 1070. The van der Waals surface area contributed by atoms with Crippen molar-refractivity contribution in [2.45, 2.75) is 19.3 Å². The molecule has 1 aromatic carbocycles. The minimum atomic E-state index is -0.00557. The first-order chi connectivity index (χ1) is 13.2. The fraction of sp³-hybridized carbons (Fsp3) is 0.400. The van der Waals surface area contributed by atoms with E-state index in [1.165, 1.54) is 22.2 Å². The molecule has 0 N–H and O–H groups in total. The van der Waals surface area contributed by atoms with E-state index in [-0.39, 0.29) is 5.56 Å². The molecule has 0 bridgehead atoms. The molecule has 0 amide bonds. The Morgan fingerprint density at radius 2 is 1.78 bits per heavy atom. The lowest BCUT2D eigenvalue weighted by Gasteiger charge is -2.37. The van der Waals surface area contributed by atoms with Gasteiger partial charge in [0.15, 0.2) is 0 Å². The molecular weight excluding hydrogens is 340 g/mol. The third kappa shape index (κ3) is 2.74. The van der Waals surface area contributed by atoms with Gasteiger partial charge in [-0.05, 0) is 37.5 Å². The van der Waals surface area contributed by atoms with Crippen LogP contribution in [0.2, 0.25) is 0 Å². The number of rotatable bonds is 2. The lowest BCUT2D eigenvalue weighted by atomic mass is 10.1. The summed E-state index contributed by atoms with van der Waals surface area (Å²) < 4.78 is 1.51. The van der Waals surface area contributed by atoms with Crippen molar-refractivity contribution in [3.05, 3.63) is 52.5 Å². The van der Waals surface area contributed by atoms with Crippen molar-refractivity contribution < 1.29 is 0 Å². The minimum absolute atomic E-state index is 0.00557. The largest absolute Gasteiger partial charge is 0.368 e. The minimum Gasteiger partial charge on any atom is -0.368 e. The second kappa shape index (κ2) is 6.33. The second-order valence-corrected chi connectivity index (χ2v) is 7.31. The van der Waals surface area contributed by atoms with Gasteiger partial charge in [-0.2, -0.15) is 0 Å². The van der Waals surface area contributed by atoms with Gasteiger partial charge in [-0.3, -0.25) is 4.79 Å². The van der Waals surface area contributed by atoms with E-state index < -0.39 is 0 Å². The summed E-state index contributed by atoms with van der Waals surface area (Å²) in [6.07, 6.45) is 6.65. The lowest BCUT2D eigenvalue weighted by molar-refractivity contribution is 0.644. The van der Waals surface area contributed by atoms with Gasteiger partial charge in [0.05, 0.1) is 17.2 Å². The average molecular weight is 362 g/mol. The highest BCUT2D eigenvalue weighted by Crippen LogP contribution is 2.29. The molecule has 1 aliphatic carbocycles. The summed E-state index contributed by atoms with van der Waals surface area (Å²) in [7, 11) is 1.73. The third-order valence-corrected chi connectivity index (χ3v) is 5.70. The van der Waals surface area contributed by atoms with E-state index in [1.807, 2.05) is 18.2 Å². The first-order valence-corrected chi connectivity index (χ1v) is 9.49. The maximum atomic E-state index is 12.2. The highest BCUT2D eigenvalue weighted by Gasteiger charge is 2.24. The summed E-state index contributed by atoms with van der Waals surface area (Å²) in [6, 6.07) is 5.95. The molecular formula is C20H22N6O. The van der Waals surface area contributed by atoms with Crippen molar-refractivity contribution in [2.75, 3.05) is 36.0 Å². The first kappa shape index (κ1) is 16.2. The van der Waals surface area contributed by atoms with Crippen LogP contribution in [0, 0.1) is 0 Å². The van der Waals surface area contributed by atoms with Crippen LogP contribution in [-0.4, -0.2) is 45.7 Å². The monoisotopic (exact) mass is 362 g/mol. The van der Waals surface area contributed by atoms with Crippen molar-refractivity contribution >= 4 is 22.4 Å². The highest BCUT2D eigenvalue weighted by molar-refractivity contribution is 5.81. The van der Waals surface area contributed by atoms with Crippen LogP contribution in [0.15, 0.2) is 35.6 Å². The van der Waals surface area contributed by atoms with E-state index in [4.69, 9.17) is 0 Å². The van der Waals surface area contributed by atoms with Gasteiger partial charge in [0, 0.05) is 50.2 Å². The Kier molecular flexibility index (Phi) is 3.81. The maximum Gasteiger partial charge on any atom is 0.260 e. The van der Waals surface area contributed by atoms with Crippen molar-refractivity contribution in [3.8, 4) is 0 Å². The van der Waals surface area contributed by atoms with E-state index in [1.54, 1.807) is 19.7 Å². The number of aromatic nitrogens is 4. The molecule has 7 heteroatoms. The predicted molar refractivity (Wildman–Crippen MR) is 105 cm³/mol. The van der Waals surface area contributed by atoms with E-state index in [2.05, 4.69) is 24.8 Å². The van der Waals surface area contributed by atoms with Gasteiger partial charge in [0.2, 0.25) is 0 Å². The number of piperazine rings is 1. The Morgan fingerprint density at radius 3 is 2.63 bits per heavy atom. The zero-order chi connectivity index (χ0) is 18.4. The SMILES string of the molecule is Cn1cnc2cc(N3CCN(c4ncnc5c4CCC5)CC3)ccc2c1=O. The second-order valence-electron chi connectivity index (χ2n) is 7.31. The quantitative estimate of drug-likeness (QED) is 0.689. The van der Waals surface area contributed by atoms with Crippen LogP contribution in [-0.2, 0) is 19.9 Å². The summed E-state index contributed by atoms with van der Waals surface area (Å²) in [5.41, 5.74) is 4.44. The predicted octanol–water partition coefficient (Wildman–Crippen LogP) is 1.54. The fourth-order valence-corrected chi connectivity index (χ4v) is 4.19. The Hall–Kier alpha value is -2.96. The van der Waals surface area contributed by atoms with Crippen molar-refractivity contribution in [1.29, 1.82) is 0 Å². The topological polar surface area (TPSA) is 67.2 Å². The normalized spacial score (nSPS) is 16.8. The molecule has 2 aromatic heterocycles. The standard InChI is InChI=1S/C20H22N6O/c1-24-13-23-18-11-14(5-6-16(18)20(24)27)25-7-9-26(10-8-25)19-15-3-2-4-17(15)21-12-22-19/h5-6,11-13H,2-4,7-10H2,1H3. The molecule has 0 unspecified atom stereocenters. The van der Waals surface area contributed by atoms with Gasteiger partial charge in [-0.15, -0.1) is 0 Å². The van der Waals surface area contributed by atoms with E-state index in [0.29, 0.717) is 5.39 Å². The van der Waals surface area contributed by atoms with E-state index in [9.17, 15) is 4.79 Å². The van der Waals surface area contributed by atoms with Crippen LogP contribution in [0.3, 0.4) is 0 Å². The maximum absolute atomic E-state index is 12.2. The summed E-state index contributed by atoms with van der Waals surface area (Å²) >= 11 is 0. The molecule has 0 radical (unpaired) electrons. The van der Waals surface area contributed by atoms with Gasteiger partial charge in [0.1, 0.15) is 12.1 Å². The summed E-state index contributed by atoms with van der Waals surface area (Å²) in [4.78, 5) is 30.4. The number of hydrogen-bond donors (Lipinski definition) is 0. The van der Waals surface area contributed by atoms with Crippen molar-refractivity contribution in [2.24, 2.45) is 7.05 Å². The molecule has 7 nitrogen and oxygen atoms in total. The molecule has 27 heavy (non-hydrogen) atoms. The number of anilines is 2. The van der Waals surface area contributed by atoms with Crippen LogP contribution >= 0.6 is 0 Å². The third-order valence-electron chi connectivity index (χ3n) is 5.70. The summed E-state index contributed by atoms with van der Waals surface area (Å²) in [5.74, 6) is 1.13. The molecule has 138 valence electrons. The molecule has 0 saturated carbocycles. The summed E-state index contributed by atoms with van der Waals surface area (Å²) in [6.45, 7) is 3.72. The van der Waals surface area contributed by atoms with Crippen molar-refractivity contribution in [3.63, 3.8) is 0 Å². The number of aryl methyl sites for hydroxylation is 2. The van der Waals surface area contributed by atoms with Crippen molar-refractivity contribution in [1.82, 2.24) is 19.5 Å². The number of nitrogens with zero attached hydrogens (tertiary/aromatic N) is 6. The molecule has 1 fully saturated rings. The molecule has 5 rings (SSSR count). The van der Waals surface area contributed by atoms with Crippen LogP contribution in [0.5, 0.6) is 0 Å². The van der Waals surface area contributed by atoms with Crippen LogP contribution in [0.25, 0.3) is 10.9 Å². The van der Waals surface area contributed by atoms with Gasteiger partial charge in [0.25, 0.3) is 5.56 Å². The van der Waals surface area contributed by atoms with Gasteiger partial charge in [-0.25, -0.2) is 15.0 Å². The Labute approximate surface area is 157 Å².